The molecule has 1 radical (unpaired) electrons. The highest BCUT2D eigenvalue weighted by Gasteiger charge is 2.25. The highest BCUT2D eigenvalue weighted by molar-refractivity contribution is 6.04. The van der Waals surface area contributed by atoms with E-state index in [1.54, 1.807) is 11.1 Å². The van der Waals surface area contributed by atoms with Gasteiger partial charge in [0.25, 0.3) is 0 Å². The number of aromatic nitrogens is 2. The van der Waals surface area contributed by atoms with Gasteiger partial charge in [0.05, 0.1) is 11.2 Å². The van der Waals surface area contributed by atoms with Crippen molar-refractivity contribution in [3.63, 3.8) is 0 Å². The Morgan fingerprint density at radius 2 is 1.79 bits per heavy atom. The lowest BCUT2D eigenvalue weighted by Crippen LogP contribution is -2.25. The maximum absolute atomic E-state index is 12.3. The predicted octanol–water partition coefficient (Wildman–Crippen LogP) is 4.89. The summed E-state index contributed by atoms with van der Waals surface area (Å²) in [7, 11) is 0. The molecule has 0 atom stereocenters. The predicted molar refractivity (Wildman–Crippen MR) is 111 cm³/mol. The maximum Gasteiger partial charge on any atom is 0.228 e. The number of hydrogen-bond acceptors (Lipinski definition) is 3. The van der Waals surface area contributed by atoms with Crippen LogP contribution in [-0.2, 0) is 4.79 Å². The summed E-state index contributed by atoms with van der Waals surface area (Å²) in [6, 6.07) is 25.2. The van der Waals surface area contributed by atoms with Crippen molar-refractivity contribution < 1.29 is 4.79 Å². The summed E-state index contributed by atoms with van der Waals surface area (Å²) in [6.07, 6.45) is 3.19. The fraction of sp³-hybridized carbons (Fsp3) is 0.125. The minimum absolute atomic E-state index is 0.129. The second-order valence-electron chi connectivity index (χ2n) is 6.89. The van der Waals surface area contributed by atoms with Crippen molar-refractivity contribution in [1.82, 2.24) is 9.97 Å². The number of benzene rings is 2. The molecule has 3 heterocycles. The van der Waals surface area contributed by atoms with E-state index in [1.807, 2.05) is 48.5 Å². The Hall–Kier alpha value is -3.53. The van der Waals surface area contributed by atoms with Crippen LogP contribution >= 0.6 is 0 Å². The topological polar surface area (TPSA) is 46.1 Å². The molecule has 0 N–H and O–H groups in total. The number of amides is 1. The first kappa shape index (κ1) is 16.6. The number of anilines is 1. The van der Waals surface area contributed by atoms with Gasteiger partial charge >= 0.3 is 0 Å². The number of fused-ring (bicyclic) bond motifs is 1. The molecule has 0 unspecified atom stereocenters. The molecular weight excluding hydrogens is 346 g/mol. The molecule has 4 heteroatoms. The average molecular weight is 364 g/mol. The summed E-state index contributed by atoms with van der Waals surface area (Å²) in [6.45, 7) is 0.710. The molecule has 28 heavy (non-hydrogen) atoms. The van der Waals surface area contributed by atoms with Gasteiger partial charge in [-0.1, -0.05) is 54.6 Å². The Labute approximate surface area is 163 Å². The van der Waals surface area contributed by atoms with E-state index in [4.69, 9.17) is 4.98 Å². The van der Waals surface area contributed by atoms with Crippen LogP contribution in [0.4, 0.5) is 5.82 Å². The Balaban J connectivity index is 1.79. The summed E-state index contributed by atoms with van der Waals surface area (Å²) >= 11 is 0. The quantitative estimate of drug-likeness (QED) is 0.520. The van der Waals surface area contributed by atoms with E-state index in [1.165, 1.54) is 0 Å². The van der Waals surface area contributed by atoms with Crippen molar-refractivity contribution in [3.8, 4) is 22.4 Å². The molecule has 0 aliphatic carbocycles. The van der Waals surface area contributed by atoms with Crippen molar-refractivity contribution in [2.24, 2.45) is 0 Å². The molecule has 1 saturated heterocycles. The zero-order valence-electron chi connectivity index (χ0n) is 15.3. The van der Waals surface area contributed by atoms with Gasteiger partial charge in [0, 0.05) is 35.7 Å². The second kappa shape index (κ2) is 6.89. The van der Waals surface area contributed by atoms with E-state index < -0.39 is 0 Å². The third kappa shape index (κ3) is 2.83. The summed E-state index contributed by atoms with van der Waals surface area (Å²) in [5.74, 6) is 0.835. The van der Waals surface area contributed by atoms with E-state index in [-0.39, 0.29) is 5.91 Å². The highest BCUT2D eigenvalue weighted by Crippen LogP contribution is 2.36. The molecule has 0 saturated carbocycles. The van der Waals surface area contributed by atoms with Gasteiger partial charge in [-0.3, -0.25) is 9.69 Å². The van der Waals surface area contributed by atoms with E-state index in [9.17, 15) is 4.79 Å². The average Bonchev–Trinajstić information content (AvgIpc) is 3.19. The molecule has 0 spiro atoms. The fourth-order valence-electron chi connectivity index (χ4n) is 3.77. The molecule has 2 aromatic carbocycles. The molecule has 2 aromatic heterocycles. The molecule has 1 aliphatic rings. The van der Waals surface area contributed by atoms with Gasteiger partial charge in [-0.15, -0.1) is 0 Å². The van der Waals surface area contributed by atoms with E-state index in [0.29, 0.717) is 18.8 Å². The zero-order valence-corrected chi connectivity index (χ0v) is 15.3. The minimum atomic E-state index is 0.129. The second-order valence-corrected chi connectivity index (χ2v) is 6.89. The van der Waals surface area contributed by atoms with Crippen LogP contribution in [0.1, 0.15) is 12.8 Å². The van der Waals surface area contributed by atoms with E-state index in [0.717, 1.165) is 39.7 Å². The fourth-order valence-corrected chi connectivity index (χ4v) is 3.77. The first-order valence-electron chi connectivity index (χ1n) is 9.43. The van der Waals surface area contributed by atoms with Gasteiger partial charge < -0.3 is 0 Å². The van der Waals surface area contributed by atoms with E-state index in [2.05, 4.69) is 29.2 Å². The molecule has 4 nitrogen and oxygen atoms in total. The Bertz CT molecular complexity index is 1160. The first-order valence-corrected chi connectivity index (χ1v) is 9.43. The highest BCUT2D eigenvalue weighted by atomic mass is 16.2. The number of nitrogens with zero attached hydrogens (tertiary/aromatic N) is 3. The molecule has 135 valence electrons. The Morgan fingerprint density at radius 1 is 0.964 bits per heavy atom. The van der Waals surface area contributed by atoms with Crippen LogP contribution in [-0.4, -0.2) is 22.4 Å². The Morgan fingerprint density at radius 3 is 2.54 bits per heavy atom. The van der Waals surface area contributed by atoms with E-state index >= 15 is 0 Å². The monoisotopic (exact) mass is 364 g/mol. The van der Waals surface area contributed by atoms with Crippen LogP contribution < -0.4 is 4.90 Å². The number of pyridine rings is 2. The lowest BCUT2D eigenvalue weighted by atomic mass is 9.97. The SMILES string of the molecule is O=C1CCCN1c1nccc2nc(-c3cc[c]cc3)c(-c3ccccc3)cc12. The van der Waals surface area contributed by atoms with Crippen LogP contribution in [0.5, 0.6) is 0 Å². The summed E-state index contributed by atoms with van der Waals surface area (Å²) in [5.41, 5.74) is 4.91. The third-order valence-corrected chi connectivity index (χ3v) is 5.13. The minimum Gasteiger partial charge on any atom is -0.296 e. The standard InChI is InChI=1S/C24H18N3O/c28-22-12-7-15-27(22)24-20-16-19(17-8-3-1-4-9-17)23(18-10-5-2-6-11-18)26-21(20)13-14-25-24/h1,3-6,8-11,13-14,16H,7,12,15H2. The third-order valence-electron chi connectivity index (χ3n) is 5.13. The summed E-state index contributed by atoms with van der Waals surface area (Å²) < 4.78 is 0. The van der Waals surface area contributed by atoms with Crippen LogP contribution in [0.15, 0.2) is 72.9 Å². The first-order chi connectivity index (χ1) is 13.8. The van der Waals surface area contributed by atoms with Crippen molar-refractivity contribution in [2.75, 3.05) is 11.4 Å². The van der Waals surface area contributed by atoms with Crippen LogP contribution in [0.3, 0.4) is 0 Å². The number of rotatable bonds is 3. The molecule has 5 rings (SSSR count). The number of hydrogen-bond donors (Lipinski definition) is 0. The molecule has 4 aromatic rings. The zero-order chi connectivity index (χ0) is 18.9. The van der Waals surface area contributed by atoms with Crippen LogP contribution in [0.25, 0.3) is 33.3 Å². The van der Waals surface area contributed by atoms with Crippen molar-refractivity contribution in [2.45, 2.75) is 12.8 Å². The maximum atomic E-state index is 12.3. The number of carbonyl (C=O) groups is 1. The molecule has 1 amide bonds. The normalized spacial score (nSPS) is 14.0. The molecular formula is C24H18N3O. The van der Waals surface area contributed by atoms with Crippen LogP contribution in [0, 0.1) is 6.07 Å². The van der Waals surface area contributed by atoms with Crippen LogP contribution in [0.2, 0.25) is 0 Å². The van der Waals surface area contributed by atoms with Crippen molar-refractivity contribution in [3.05, 3.63) is 79.0 Å². The lowest BCUT2D eigenvalue weighted by Gasteiger charge is -2.18. The van der Waals surface area contributed by atoms with Gasteiger partial charge in [-0.25, -0.2) is 9.97 Å². The van der Waals surface area contributed by atoms with Crippen molar-refractivity contribution >= 4 is 22.6 Å². The van der Waals surface area contributed by atoms with Gasteiger partial charge in [0.15, 0.2) is 0 Å². The molecule has 1 fully saturated rings. The van der Waals surface area contributed by atoms with Gasteiger partial charge in [0.2, 0.25) is 5.91 Å². The molecule has 0 bridgehead atoms. The largest absolute Gasteiger partial charge is 0.296 e. The molecule has 1 aliphatic heterocycles. The smallest absolute Gasteiger partial charge is 0.228 e. The summed E-state index contributed by atoms with van der Waals surface area (Å²) in [5, 5.41) is 0.905. The number of carbonyl (C=O) groups excluding carboxylic acids is 1. The Kier molecular flexibility index (Phi) is 4.09. The van der Waals surface area contributed by atoms with Gasteiger partial charge in [0.1, 0.15) is 5.82 Å². The lowest BCUT2D eigenvalue weighted by molar-refractivity contribution is -0.117. The summed E-state index contributed by atoms with van der Waals surface area (Å²) in [4.78, 5) is 23.6. The van der Waals surface area contributed by atoms with Gasteiger partial charge in [-0.2, -0.15) is 0 Å². The van der Waals surface area contributed by atoms with Gasteiger partial charge in [-0.05, 0) is 30.2 Å². The van der Waals surface area contributed by atoms with Crippen molar-refractivity contribution in [1.29, 1.82) is 0 Å².